The van der Waals surface area contributed by atoms with Crippen molar-refractivity contribution in [3.63, 3.8) is 0 Å². The van der Waals surface area contributed by atoms with Crippen molar-refractivity contribution in [1.82, 2.24) is 19.7 Å². The molecule has 3 aromatic rings. The number of thioether (sulfide) groups is 1. The number of carbonyl (C=O) groups excluding carboxylic acids is 1. The highest BCUT2D eigenvalue weighted by atomic mass is 35.5. The standard InChI is InChI=1S/C19H17ClN6OS/c1-2-26-18(13-5-8-22-9-6-13)24-25-19(26)28-10-7-17(27)23-15-4-3-14(12-21)16(20)11-15/h3-6,8-9,11H,2,7,10H2,1H3,(H,23,27). The molecule has 142 valence electrons. The number of rotatable bonds is 7. The lowest BCUT2D eigenvalue weighted by Gasteiger charge is -2.08. The van der Waals surface area contributed by atoms with Crippen LogP contribution in [0, 0.1) is 11.3 Å². The molecule has 1 N–H and O–H groups in total. The Morgan fingerprint density at radius 2 is 2.07 bits per heavy atom. The van der Waals surface area contributed by atoms with E-state index in [2.05, 4.69) is 20.5 Å². The van der Waals surface area contributed by atoms with Gasteiger partial charge < -0.3 is 9.88 Å². The Labute approximate surface area is 171 Å². The molecule has 1 aromatic carbocycles. The quantitative estimate of drug-likeness (QED) is 0.589. The van der Waals surface area contributed by atoms with E-state index >= 15 is 0 Å². The maximum absolute atomic E-state index is 12.2. The topological polar surface area (TPSA) is 96.5 Å². The molecule has 2 heterocycles. The van der Waals surface area contributed by atoms with Crippen LogP contribution in [0.2, 0.25) is 5.02 Å². The third-order valence-electron chi connectivity index (χ3n) is 3.91. The van der Waals surface area contributed by atoms with Crippen LogP contribution in [0.25, 0.3) is 11.4 Å². The van der Waals surface area contributed by atoms with Crippen LogP contribution in [0.1, 0.15) is 18.9 Å². The van der Waals surface area contributed by atoms with Crippen LogP contribution in [0.15, 0.2) is 47.9 Å². The molecule has 3 rings (SSSR count). The second-order valence-corrected chi connectivity index (χ2v) is 7.21. The van der Waals surface area contributed by atoms with Crippen LogP contribution in [-0.4, -0.2) is 31.4 Å². The van der Waals surface area contributed by atoms with Crippen molar-refractivity contribution in [2.45, 2.75) is 25.0 Å². The van der Waals surface area contributed by atoms with Crippen molar-refractivity contribution in [1.29, 1.82) is 5.26 Å². The van der Waals surface area contributed by atoms with Crippen molar-refractivity contribution in [3.8, 4) is 17.5 Å². The number of hydrogen-bond donors (Lipinski definition) is 1. The summed E-state index contributed by atoms with van der Waals surface area (Å²) in [6.07, 6.45) is 3.75. The minimum atomic E-state index is -0.134. The lowest BCUT2D eigenvalue weighted by molar-refractivity contribution is -0.115. The van der Waals surface area contributed by atoms with E-state index in [-0.39, 0.29) is 5.91 Å². The number of aromatic nitrogens is 4. The van der Waals surface area contributed by atoms with E-state index in [1.165, 1.54) is 11.8 Å². The second-order valence-electron chi connectivity index (χ2n) is 5.74. The molecule has 0 spiro atoms. The van der Waals surface area contributed by atoms with Crippen LogP contribution >= 0.6 is 23.4 Å². The zero-order chi connectivity index (χ0) is 19.9. The van der Waals surface area contributed by atoms with Crippen LogP contribution in [-0.2, 0) is 11.3 Å². The number of benzene rings is 1. The molecular weight excluding hydrogens is 396 g/mol. The third-order valence-corrected chi connectivity index (χ3v) is 5.19. The minimum absolute atomic E-state index is 0.134. The smallest absolute Gasteiger partial charge is 0.225 e. The summed E-state index contributed by atoms with van der Waals surface area (Å²) in [5.41, 5.74) is 1.89. The molecule has 0 aliphatic carbocycles. The molecule has 0 saturated carbocycles. The Hall–Kier alpha value is -2.89. The monoisotopic (exact) mass is 412 g/mol. The maximum Gasteiger partial charge on any atom is 0.225 e. The van der Waals surface area contributed by atoms with E-state index in [9.17, 15) is 4.79 Å². The van der Waals surface area contributed by atoms with E-state index in [0.29, 0.717) is 28.4 Å². The average Bonchev–Trinajstić information content (AvgIpc) is 3.11. The summed E-state index contributed by atoms with van der Waals surface area (Å²) >= 11 is 7.46. The lowest BCUT2D eigenvalue weighted by Crippen LogP contribution is -2.12. The summed E-state index contributed by atoms with van der Waals surface area (Å²) < 4.78 is 2.01. The number of amides is 1. The molecule has 0 aliphatic heterocycles. The van der Waals surface area contributed by atoms with E-state index < -0.39 is 0 Å². The summed E-state index contributed by atoms with van der Waals surface area (Å²) in [6, 6.07) is 10.6. The van der Waals surface area contributed by atoms with Crippen molar-refractivity contribution in [3.05, 3.63) is 53.3 Å². The van der Waals surface area contributed by atoms with Crippen LogP contribution < -0.4 is 5.32 Å². The van der Waals surface area contributed by atoms with Gasteiger partial charge in [0.25, 0.3) is 0 Å². The summed E-state index contributed by atoms with van der Waals surface area (Å²) in [6.45, 7) is 2.75. The predicted molar refractivity (Wildman–Crippen MR) is 109 cm³/mol. The number of nitrogens with zero attached hydrogens (tertiary/aromatic N) is 5. The highest BCUT2D eigenvalue weighted by molar-refractivity contribution is 7.99. The van der Waals surface area contributed by atoms with Gasteiger partial charge in [-0.1, -0.05) is 23.4 Å². The van der Waals surface area contributed by atoms with Gasteiger partial charge in [0.1, 0.15) is 6.07 Å². The Bertz CT molecular complexity index is 1020. The van der Waals surface area contributed by atoms with Crippen LogP contribution in [0.3, 0.4) is 0 Å². The van der Waals surface area contributed by atoms with Gasteiger partial charge in [-0.05, 0) is 37.3 Å². The van der Waals surface area contributed by atoms with Crippen molar-refractivity contribution in [2.24, 2.45) is 0 Å². The summed E-state index contributed by atoms with van der Waals surface area (Å²) in [5, 5.41) is 21.3. The van der Waals surface area contributed by atoms with Crippen LogP contribution in [0.5, 0.6) is 0 Å². The van der Waals surface area contributed by atoms with E-state index in [1.807, 2.05) is 29.7 Å². The van der Waals surface area contributed by atoms with Gasteiger partial charge in [-0.2, -0.15) is 5.26 Å². The summed E-state index contributed by atoms with van der Waals surface area (Å²) in [7, 11) is 0. The van der Waals surface area contributed by atoms with Crippen molar-refractivity contribution in [2.75, 3.05) is 11.1 Å². The Morgan fingerprint density at radius 3 is 2.75 bits per heavy atom. The molecule has 0 radical (unpaired) electrons. The first-order valence-corrected chi connectivity index (χ1v) is 9.94. The first-order valence-electron chi connectivity index (χ1n) is 8.58. The first kappa shape index (κ1) is 19.9. The van der Waals surface area contributed by atoms with E-state index in [0.717, 1.165) is 23.1 Å². The Morgan fingerprint density at radius 1 is 1.29 bits per heavy atom. The highest BCUT2D eigenvalue weighted by Gasteiger charge is 2.13. The molecule has 7 nitrogen and oxygen atoms in total. The number of halogens is 1. The predicted octanol–water partition coefficient (Wildman–Crippen LogP) is 4.01. The van der Waals surface area contributed by atoms with E-state index in [1.54, 1.807) is 30.6 Å². The third kappa shape index (κ3) is 4.68. The number of hydrogen-bond acceptors (Lipinski definition) is 6. The minimum Gasteiger partial charge on any atom is -0.326 e. The Balaban J connectivity index is 1.58. The summed E-state index contributed by atoms with van der Waals surface area (Å²) in [4.78, 5) is 16.2. The number of nitrogens with one attached hydrogen (secondary N) is 1. The number of pyridine rings is 1. The van der Waals surface area contributed by atoms with Gasteiger partial charge in [0.15, 0.2) is 11.0 Å². The molecule has 1 amide bonds. The van der Waals surface area contributed by atoms with E-state index in [4.69, 9.17) is 16.9 Å². The largest absolute Gasteiger partial charge is 0.326 e. The fourth-order valence-corrected chi connectivity index (χ4v) is 3.70. The zero-order valence-electron chi connectivity index (χ0n) is 15.1. The van der Waals surface area contributed by atoms with Gasteiger partial charge in [0.05, 0.1) is 10.6 Å². The molecule has 0 fully saturated rings. The fourth-order valence-electron chi connectivity index (χ4n) is 2.54. The Kier molecular flexibility index (Phi) is 6.63. The number of anilines is 1. The molecule has 0 atom stereocenters. The fraction of sp³-hybridized carbons (Fsp3) is 0.211. The van der Waals surface area contributed by atoms with Gasteiger partial charge in [-0.3, -0.25) is 9.78 Å². The second kappa shape index (κ2) is 9.35. The van der Waals surface area contributed by atoms with Gasteiger partial charge in [-0.15, -0.1) is 10.2 Å². The van der Waals surface area contributed by atoms with Crippen molar-refractivity contribution < 1.29 is 4.79 Å². The number of carbonyl (C=O) groups is 1. The molecule has 2 aromatic heterocycles. The molecule has 0 bridgehead atoms. The maximum atomic E-state index is 12.2. The van der Waals surface area contributed by atoms with Crippen LogP contribution in [0.4, 0.5) is 5.69 Å². The normalized spacial score (nSPS) is 10.5. The molecule has 9 heteroatoms. The molecular formula is C19H17ClN6OS. The average molecular weight is 413 g/mol. The highest BCUT2D eigenvalue weighted by Crippen LogP contribution is 2.24. The van der Waals surface area contributed by atoms with Gasteiger partial charge >= 0.3 is 0 Å². The molecule has 0 saturated heterocycles. The molecule has 0 unspecified atom stereocenters. The number of nitriles is 1. The van der Waals surface area contributed by atoms with Gasteiger partial charge in [-0.25, -0.2) is 0 Å². The zero-order valence-corrected chi connectivity index (χ0v) is 16.7. The SMILES string of the molecule is CCn1c(SCCC(=O)Nc2ccc(C#N)c(Cl)c2)nnc1-c1ccncc1. The molecule has 0 aliphatic rings. The van der Waals surface area contributed by atoms with Crippen molar-refractivity contribution >= 4 is 35.0 Å². The lowest BCUT2D eigenvalue weighted by atomic mass is 10.2. The van der Waals surface area contributed by atoms with Gasteiger partial charge in [0, 0.05) is 42.4 Å². The van der Waals surface area contributed by atoms with Gasteiger partial charge in [0.2, 0.25) is 5.91 Å². The summed E-state index contributed by atoms with van der Waals surface area (Å²) in [5.74, 6) is 1.21. The first-order chi connectivity index (χ1) is 13.6. The molecule has 28 heavy (non-hydrogen) atoms.